The SMILES string of the molecule is C=CCn1c(-c2ccc(OC)cc2)nc(-c2ccccc2)c1-c1ccccc1.C=CCn1c(-c2ccc(OC)cc2)nc(-c2ccccc2)c1-c1ccccc1. The standard InChI is InChI=1S/2C25H22N2O/c2*1-3-18-27-24(20-12-8-5-9-13-20)23(19-10-6-4-7-11-19)26-25(27)21-14-16-22(28-2)17-15-21/h2*3-17H,1,18H2,2H3. The Labute approximate surface area is 329 Å². The Morgan fingerprint density at radius 1 is 0.411 bits per heavy atom. The van der Waals surface area contributed by atoms with Crippen molar-refractivity contribution in [2.24, 2.45) is 0 Å². The first-order chi connectivity index (χ1) is 27.6. The van der Waals surface area contributed by atoms with E-state index in [0.29, 0.717) is 13.1 Å². The molecule has 0 fully saturated rings. The van der Waals surface area contributed by atoms with Gasteiger partial charge < -0.3 is 18.6 Å². The van der Waals surface area contributed by atoms with Gasteiger partial charge in [0, 0.05) is 46.5 Å². The van der Waals surface area contributed by atoms with Gasteiger partial charge in [-0.05, 0) is 48.5 Å². The third-order valence-corrected chi connectivity index (χ3v) is 9.44. The molecule has 0 radical (unpaired) electrons. The number of rotatable bonds is 12. The van der Waals surface area contributed by atoms with Crippen LogP contribution in [-0.2, 0) is 13.1 Å². The maximum Gasteiger partial charge on any atom is 0.141 e. The van der Waals surface area contributed by atoms with Crippen LogP contribution in [-0.4, -0.2) is 33.3 Å². The summed E-state index contributed by atoms with van der Waals surface area (Å²) in [4.78, 5) is 10.2. The summed E-state index contributed by atoms with van der Waals surface area (Å²) in [5.41, 5.74) is 10.7. The third-order valence-electron chi connectivity index (χ3n) is 9.44. The fourth-order valence-corrected chi connectivity index (χ4v) is 6.81. The zero-order valence-electron chi connectivity index (χ0n) is 31.8. The quantitative estimate of drug-likeness (QED) is 0.117. The van der Waals surface area contributed by atoms with Gasteiger partial charge in [0.05, 0.1) is 37.0 Å². The monoisotopic (exact) mass is 732 g/mol. The molecule has 0 N–H and O–H groups in total. The lowest BCUT2D eigenvalue weighted by Crippen LogP contribution is -2.01. The van der Waals surface area contributed by atoms with Gasteiger partial charge >= 0.3 is 0 Å². The Hall–Kier alpha value is -7.18. The molecular weight excluding hydrogens is 689 g/mol. The van der Waals surface area contributed by atoms with E-state index < -0.39 is 0 Å². The Kier molecular flexibility index (Phi) is 11.8. The summed E-state index contributed by atoms with van der Waals surface area (Å²) in [6.07, 6.45) is 3.83. The molecule has 276 valence electrons. The number of benzene rings is 6. The Bertz CT molecular complexity index is 2310. The number of ether oxygens (including phenoxy) is 2. The Morgan fingerprint density at radius 3 is 1.00 bits per heavy atom. The number of hydrogen-bond donors (Lipinski definition) is 0. The van der Waals surface area contributed by atoms with Crippen molar-refractivity contribution in [2.45, 2.75) is 13.1 Å². The highest BCUT2D eigenvalue weighted by Crippen LogP contribution is 2.38. The van der Waals surface area contributed by atoms with Gasteiger partial charge in [-0.1, -0.05) is 133 Å². The number of imidazole rings is 2. The summed E-state index contributed by atoms with van der Waals surface area (Å²) >= 11 is 0. The number of nitrogens with zero attached hydrogens (tertiary/aromatic N) is 4. The Morgan fingerprint density at radius 2 is 0.714 bits per heavy atom. The maximum atomic E-state index is 5.31. The van der Waals surface area contributed by atoms with E-state index >= 15 is 0 Å². The highest BCUT2D eigenvalue weighted by Gasteiger charge is 2.22. The fourth-order valence-electron chi connectivity index (χ4n) is 6.81. The van der Waals surface area contributed by atoms with Crippen LogP contribution in [0.2, 0.25) is 0 Å². The predicted octanol–water partition coefficient (Wildman–Crippen LogP) is 12.2. The number of allylic oxidation sites excluding steroid dienone is 2. The van der Waals surface area contributed by atoms with E-state index in [0.717, 1.165) is 79.3 Å². The average Bonchev–Trinajstić information content (AvgIpc) is 3.85. The van der Waals surface area contributed by atoms with Crippen molar-refractivity contribution in [2.75, 3.05) is 14.2 Å². The smallest absolute Gasteiger partial charge is 0.141 e. The molecule has 2 heterocycles. The highest BCUT2D eigenvalue weighted by atomic mass is 16.5. The molecule has 8 aromatic rings. The van der Waals surface area contributed by atoms with Crippen LogP contribution in [0.5, 0.6) is 11.5 Å². The van der Waals surface area contributed by atoms with Crippen LogP contribution in [0.3, 0.4) is 0 Å². The van der Waals surface area contributed by atoms with Crippen molar-refractivity contribution in [3.63, 3.8) is 0 Å². The van der Waals surface area contributed by atoms with Crippen molar-refractivity contribution < 1.29 is 9.47 Å². The first kappa shape index (κ1) is 37.1. The lowest BCUT2D eigenvalue weighted by Gasteiger charge is -2.11. The molecule has 0 spiro atoms. The Balaban J connectivity index is 0.000000172. The molecule has 0 bridgehead atoms. The molecule has 6 aromatic carbocycles. The molecule has 0 saturated carbocycles. The van der Waals surface area contributed by atoms with Crippen molar-refractivity contribution in [3.05, 3.63) is 195 Å². The van der Waals surface area contributed by atoms with Crippen LogP contribution in [0.25, 0.3) is 67.8 Å². The van der Waals surface area contributed by atoms with Gasteiger partial charge in [-0.2, -0.15) is 0 Å². The number of methoxy groups -OCH3 is 2. The maximum absolute atomic E-state index is 5.31. The van der Waals surface area contributed by atoms with Crippen LogP contribution in [0.1, 0.15) is 0 Å². The lowest BCUT2D eigenvalue weighted by molar-refractivity contribution is 0.414. The summed E-state index contributed by atoms with van der Waals surface area (Å²) < 4.78 is 15.1. The van der Waals surface area contributed by atoms with E-state index in [-0.39, 0.29) is 0 Å². The second-order valence-corrected chi connectivity index (χ2v) is 13.0. The summed E-state index contributed by atoms with van der Waals surface area (Å²) in [6, 6.07) is 57.5. The molecule has 0 atom stereocenters. The first-order valence-corrected chi connectivity index (χ1v) is 18.6. The lowest BCUT2D eigenvalue weighted by atomic mass is 10.0. The van der Waals surface area contributed by atoms with E-state index in [1.54, 1.807) is 14.2 Å². The molecule has 0 saturated heterocycles. The minimum atomic E-state index is 0.672. The normalized spacial score (nSPS) is 10.6. The summed E-state index contributed by atoms with van der Waals surface area (Å²) in [5.74, 6) is 3.50. The van der Waals surface area contributed by atoms with Gasteiger partial charge in [-0.3, -0.25) is 0 Å². The average molecular weight is 733 g/mol. The van der Waals surface area contributed by atoms with Crippen molar-refractivity contribution in [1.29, 1.82) is 0 Å². The van der Waals surface area contributed by atoms with Crippen molar-refractivity contribution >= 4 is 0 Å². The minimum absolute atomic E-state index is 0.672. The summed E-state index contributed by atoms with van der Waals surface area (Å²) in [7, 11) is 3.35. The van der Waals surface area contributed by atoms with Gasteiger partial charge in [0.15, 0.2) is 0 Å². The third kappa shape index (κ3) is 8.00. The minimum Gasteiger partial charge on any atom is -0.497 e. The van der Waals surface area contributed by atoms with Gasteiger partial charge in [0.2, 0.25) is 0 Å². The number of aromatic nitrogens is 4. The zero-order valence-corrected chi connectivity index (χ0v) is 31.8. The van der Waals surface area contributed by atoms with Crippen LogP contribution in [0.4, 0.5) is 0 Å². The molecule has 2 aromatic heterocycles. The molecule has 0 aliphatic rings. The van der Waals surface area contributed by atoms with E-state index in [1.807, 2.05) is 109 Å². The molecule has 0 aliphatic carbocycles. The summed E-state index contributed by atoms with van der Waals surface area (Å²) in [5, 5.41) is 0. The molecule has 6 nitrogen and oxygen atoms in total. The van der Waals surface area contributed by atoms with E-state index in [1.165, 1.54) is 0 Å². The summed E-state index contributed by atoms with van der Waals surface area (Å²) in [6.45, 7) is 9.28. The van der Waals surface area contributed by atoms with Gasteiger partial charge in [-0.25, -0.2) is 9.97 Å². The van der Waals surface area contributed by atoms with Crippen LogP contribution >= 0.6 is 0 Å². The topological polar surface area (TPSA) is 54.1 Å². The van der Waals surface area contributed by atoms with Gasteiger partial charge in [0.1, 0.15) is 23.1 Å². The second kappa shape index (κ2) is 17.8. The van der Waals surface area contributed by atoms with Crippen LogP contribution in [0.15, 0.2) is 195 Å². The molecule has 6 heteroatoms. The zero-order chi connectivity index (χ0) is 38.7. The van der Waals surface area contributed by atoms with Gasteiger partial charge in [-0.15, -0.1) is 13.2 Å². The first-order valence-electron chi connectivity index (χ1n) is 18.6. The van der Waals surface area contributed by atoms with Gasteiger partial charge in [0.25, 0.3) is 0 Å². The fraction of sp³-hybridized carbons (Fsp3) is 0.0800. The molecule has 0 aliphatic heterocycles. The largest absolute Gasteiger partial charge is 0.497 e. The molecule has 0 unspecified atom stereocenters. The van der Waals surface area contributed by atoms with E-state index in [2.05, 4.69) is 95.1 Å². The molecule has 0 amide bonds. The number of hydrogen-bond acceptors (Lipinski definition) is 4. The van der Waals surface area contributed by atoms with Crippen LogP contribution in [0, 0.1) is 0 Å². The second-order valence-electron chi connectivity index (χ2n) is 13.0. The van der Waals surface area contributed by atoms with Crippen molar-refractivity contribution in [1.82, 2.24) is 19.1 Å². The van der Waals surface area contributed by atoms with E-state index in [9.17, 15) is 0 Å². The van der Waals surface area contributed by atoms with E-state index in [4.69, 9.17) is 19.4 Å². The molecule has 8 rings (SSSR count). The highest BCUT2D eigenvalue weighted by molar-refractivity contribution is 5.83. The molecular formula is C50H44N4O2. The van der Waals surface area contributed by atoms with Crippen LogP contribution < -0.4 is 9.47 Å². The molecule has 56 heavy (non-hydrogen) atoms. The van der Waals surface area contributed by atoms with Crippen molar-refractivity contribution in [3.8, 4) is 79.3 Å². The predicted molar refractivity (Wildman–Crippen MR) is 231 cm³/mol.